The zero-order valence-electron chi connectivity index (χ0n) is 15.0. The molecule has 0 aliphatic heterocycles. The second-order valence-electron chi connectivity index (χ2n) is 5.69. The first kappa shape index (κ1) is 20.3. The number of anilines is 1. The molecular weight excluding hydrogens is 365 g/mol. The van der Waals surface area contributed by atoms with E-state index in [0.29, 0.717) is 5.69 Å². The van der Waals surface area contributed by atoms with Gasteiger partial charge in [-0.05, 0) is 32.0 Å². The topological polar surface area (TPSA) is 69.6 Å². The van der Waals surface area contributed by atoms with E-state index in [1.54, 1.807) is 14.0 Å². The number of alkyl halides is 3. The molecule has 2 aromatic rings. The molecule has 1 aromatic heterocycles. The second-order valence-corrected chi connectivity index (χ2v) is 5.69. The molecule has 6 nitrogen and oxygen atoms in total. The zero-order chi connectivity index (χ0) is 20.2. The summed E-state index contributed by atoms with van der Waals surface area (Å²) in [5, 5.41) is 2.50. The predicted molar refractivity (Wildman–Crippen MR) is 91.5 cm³/mol. The Morgan fingerprint density at radius 1 is 1.26 bits per heavy atom. The second kappa shape index (κ2) is 8.15. The lowest BCUT2D eigenvalue weighted by Crippen LogP contribution is -2.30. The van der Waals surface area contributed by atoms with Gasteiger partial charge in [0.05, 0.1) is 17.9 Å². The molecule has 1 atom stereocenters. The van der Waals surface area contributed by atoms with E-state index in [1.165, 1.54) is 35.9 Å². The van der Waals surface area contributed by atoms with Crippen LogP contribution in [0.1, 0.15) is 29.9 Å². The zero-order valence-corrected chi connectivity index (χ0v) is 15.0. The highest BCUT2D eigenvalue weighted by molar-refractivity contribution is 5.96. The van der Waals surface area contributed by atoms with Crippen LogP contribution in [0.25, 0.3) is 0 Å². The lowest BCUT2D eigenvalue weighted by Gasteiger charge is -2.18. The minimum Gasteiger partial charge on any atom is -0.480 e. The Balaban J connectivity index is 2.09. The summed E-state index contributed by atoms with van der Waals surface area (Å²) in [6, 6.07) is 6.06. The van der Waals surface area contributed by atoms with Crippen LogP contribution in [0.5, 0.6) is 5.75 Å². The minimum atomic E-state index is -4.60. The molecule has 27 heavy (non-hydrogen) atoms. The highest BCUT2D eigenvalue weighted by Crippen LogP contribution is 2.36. The van der Waals surface area contributed by atoms with Gasteiger partial charge in [-0.15, -0.1) is 0 Å². The summed E-state index contributed by atoms with van der Waals surface area (Å²) in [5.74, 6) is -1.65. The van der Waals surface area contributed by atoms with Crippen molar-refractivity contribution in [2.45, 2.75) is 26.1 Å². The number of aryl methyl sites for hydroxylation is 1. The molecule has 1 aromatic carbocycles. The van der Waals surface area contributed by atoms with Gasteiger partial charge in [0.15, 0.2) is 6.10 Å². The summed E-state index contributed by atoms with van der Waals surface area (Å²) < 4.78 is 50.6. The van der Waals surface area contributed by atoms with Gasteiger partial charge < -0.3 is 19.4 Å². The van der Waals surface area contributed by atoms with Crippen LogP contribution < -0.4 is 10.1 Å². The Kier molecular flexibility index (Phi) is 6.14. The largest absolute Gasteiger partial charge is 0.480 e. The average molecular weight is 384 g/mol. The molecule has 1 unspecified atom stereocenters. The van der Waals surface area contributed by atoms with Crippen molar-refractivity contribution in [3.8, 4) is 5.75 Å². The highest BCUT2D eigenvalue weighted by atomic mass is 19.4. The van der Waals surface area contributed by atoms with Crippen LogP contribution in [0.15, 0.2) is 36.5 Å². The number of halogens is 3. The number of carbonyl (C=O) groups excluding carboxylic acids is 2. The monoisotopic (exact) mass is 384 g/mol. The number of amides is 1. The molecule has 0 aliphatic carbocycles. The van der Waals surface area contributed by atoms with Crippen molar-refractivity contribution in [3.05, 3.63) is 47.8 Å². The SMILES string of the molecule is CCOC(=O)c1cc(NC(=O)C(C)Oc2ccccc2C(F)(F)F)cn1C. The molecule has 0 saturated carbocycles. The number of aromatic nitrogens is 1. The van der Waals surface area contributed by atoms with E-state index in [9.17, 15) is 22.8 Å². The summed E-state index contributed by atoms with van der Waals surface area (Å²) in [7, 11) is 1.60. The number of nitrogens with one attached hydrogen (secondary N) is 1. The first-order valence-corrected chi connectivity index (χ1v) is 8.10. The maximum Gasteiger partial charge on any atom is 0.419 e. The minimum absolute atomic E-state index is 0.204. The maximum atomic E-state index is 13.0. The van der Waals surface area contributed by atoms with E-state index >= 15 is 0 Å². The van der Waals surface area contributed by atoms with Gasteiger partial charge in [0, 0.05) is 13.2 Å². The van der Waals surface area contributed by atoms with Crippen molar-refractivity contribution < 1.29 is 32.2 Å². The molecule has 0 fully saturated rings. The van der Waals surface area contributed by atoms with Crippen LogP contribution in [-0.2, 0) is 22.8 Å². The number of hydrogen-bond donors (Lipinski definition) is 1. The third-order valence-electron chi connectivity index (χ3n) is 3.62. The summed E-state index contributed by atoms with van der Waals surface area (Å²) in [6.07, 6.45) is -4.30. The highest BCUT2D eigenvalue weighted by Gasteiger charge is 2.34. The van der Waals surface area contributed by atoms with Crippen molar-refractivity contribution in [3.63, 3.8) is 0 Å². The average Bonchev–Trinajstić information content (AvgIpc) is 2.95. The van der Waals surface area contributed by atoms with Crippen molar-refractivity contribution in [2.24, 2.45) is 7.05 Å². The van der Waals surface area contributed by atoms with Gasteiger partial charge in [-0.25, -0.2) is 4.79 Å². The van der Waals surface area contributed by atoms with E-state index in [1.807, 2.05) is 0 Å². The van der Waals surface area contributed by atoms with Crippen LogP contribution in [0.3, 0.4) is 0 Å². The molecule has 0 saturated heterocycles. The van der Waals surface area contributed by atoms with Crippen LogP contribution in [0.2, 0.25) is 0 Å². The molecule has 0 radical (unpaired) electrons. The number of nitrogens with zero attached hydrogens (tertiary/aromatic N) is 1. The lowest BCUT2D eigenvalue weighted by molar-refractivity contribution is -0.140. The fraction of sp³-hybridized carbons (Fsp3) is 0.333. The molecule has 1 N–H and O–H groups in total. The smallest absolute Gasteiger partial charge is 0.419 e. The van der Waals surface area contributed by atoms with Gasteiger partial charge >= 0.3 is 12.1 Å². The van der Waals surface area contributed by atoms with Crippen LogP contribution in [0, 0.1) is 0 Å². The Morgan fingerprint density at radius 3 is 2.56 bits per heavy atom. The van der Waals surface area contributed by atoms with Crippen molar-refractivity contribution >= 4 is 17.6 Å². The lowest BCUT2D eigenvalue weighted by atomic mass is 10.2. The molecule has 0 spiro atoms. The fourth-order valence-corrected chi connectivity index (χ4v) is 2.33. The normalized spacial score (nSPS) is 12.4. The van der Waals surface area contributed by atoms with Gasteiger partial charge in [-0.2, -0.15) is 13.2 Å². The Hall–Kier alpha value is -2.97. The predicted octanol–water partition coefficient (Wildman–Crippen LogP) is 3.63. The molecule has 0 bridgehead atoms. The molecule has 2 rings (SSSR count). The van der Waals surface area contributed by atoms with Crippen molar-refractivity contribution in [1.29, 1.82) is 0 Å². The van der Waals surface area contributed by atoms with Crippen molar-refractivity contribution in [2.75, 3.05) is 11.9 Å². The van der Waals surface area contributed by atoms with Crippen molar-refractivity contribution in [1.82, 2.24) is 4.57 Å². The molecule has 9 heteroatoms. The summed E-state index contributed by atoms with van der Waals surface area (Å²) in [6.45, 7) is 3.20. The molecular formula is C18H19F3N2O4. The first-order valence-electron chi connectivity index (χ1n) is 8.10. The number of benzene rings is 1. The van der Waals surface area contributed by atoms with E-state index in [0.717, 1.165) is 12.1 Å². The first-order chi connectivity index (χ1) is 12.6. The standard InChI is InChI=1S/C18H19F3N2O4/c1-4-26-17(25)14-9-12(10-23(14)3)22-16(24)11(2)27-15-8-6-5-7-13(15)18(19,20)21/h5-11H,4H2,1-3H3,(H,22,24). The van der Waals surface area contributed by atoms with Gasteiger partial charge in [0.25, 0.3) is 5.91 Å². The summed E-state index contributed by atoms with van der Waals surface area (Å²) in [5.41, 5.74) is -0.442. The Bertz CT molecular complexity index is 830. The van der Waals surface area contributed by atoms with E-state index < -0.39 is 35.5 Å². The number of ether oxygens (including phenoxy) is 2. The number of carbonyl (C=O) groups is 2. The maximum absolute atomic E-state index is 13.0. The van der Waals surface area contributed by atoms with E-state index in [4.69, 9.17) is 9.47 Å². The molecule has 1 amide bonds. The third-order valence-corrected chi connectivity index (χ3v) is 3.62. The fourth-order valence-electron chi connectivity index (χ4n) is 2.33. The van der Waals surface area contributed by atoms with Crippen LogP contribution >= 0.6 is 0 Å². The summed E-state index contributed by atoms with van der Waals surface area (Å²) >= 11 is 0. The Labute approximate surface area is 153 Å². The van der Waals surface area contributed by atoms with Gasteiger partial charge in [-0.1, -0.05) is 12.1 Å². The third kappa shape index (κ3) is 5.02. The van der Waals surface area contributed by atoms with Crippen LogP contribution in [-0.4, -0.2) is 29.2 Å². The number of hydrogen-bond acceptors (Lipinski definition) is 4. The van der Waals surface area contributed by atoms with E-state index in [2.05, 4.69) is 5.32 Å². The van der Waals surface area contributed by atoms with Gasteiger partial charge in [0.2, 0.25) is 0 Å². The molecule has 0 aliphatic rings. The number of para-hydroxylation sites is 1. The number of rotatable bonds is 6. The van der Waals surface area contributed by atoms with Gasteiger partial charge in [-0.3, -0.25) is 4.79 Å². The summed E-state index contributed by atoms with van der Waals surface area (Å²) in [4.78, 5) is 24.0. The van der Waals surface area contributed by atoms with Crippen LogP contribution in [0.4, 0.5) is 18.9 Å². The number of esters is 1. The van der Waals surface area contributed by atoms with Gasteiger partial charge in [0.1, 0.15) is 11.4 Å². The molecule has 146 valence electrons. The van der Waals surface area contributed by atoms with E-state index in [-0.39, 0.29) is 12.3 Å². The molecule has 1 heterocycles. The quantitative estimate of drug-likeness (QED) is 0.773. The Morgan fingerprint density at radius 2 is 1.93 bits per heavy atom.